The van der Waals surface area contributed by atoms with E-state index in [1.165, 1.54) is 32.1 Å². The lowest BCUT2D eigenvalue weighted by atomic mass is 10.0. The number of carbonyl (C=O) groups excluding carboxylic acids is 2. The highest BCUT2D eigenvalue weighted by Crippen LogP contribution is 2.48. The Morgan fingerprint density at radius 2 is 1.74 bits per heavy atom. The minimum Gasteiger partial charge on any atom is -0.462 e. The maximum Gasteiger partial charge on any atom is 0.340 e. The van der Waals surface area contributed by atoms with Crippen LogP contribution < -0.4 is 5.32 Å². The number of esters is 1. The highest BCUT2D eigenvalue weighted by atomic mass is 16.5. The summed E-state index contributed by atoms with van der Waals surface area (Å²) in [5.41, 5.74) is 1.59. The SMILES string of the molecule is CCOC(=O)c1cccc(C)c1NC(=O)C1([N+]2(C)CCCCCCC2)CC1. The molecule has 1 saturated carbocycles. The summed E-state index contributed by atoms with van der Waals surface area (Å²) in [6.07, 6.45) is 8.05. The number of aryl methyl sites for hydroxylation is 1. The quantitative estimate of drug-likeness (QED) is 0.626. The van der Waals surface area contributed by atoms with Crippen LogP contribution in [0, 0.1) is 6.92 Å². The fourth-order valence-electron chi connectivity index (χ4n) is 4.56. The van der Waals surface area contributed by atoms with E-state index in [4.69, 9.17) is 4.74 Å². The Balaban J connectivity index is 1.84. The van der Waals surface area contributed by atoms with Crippen molar-refractivity contribution in [3.63, 3.8) is 0 Å². The molecule has 1 amide bonds. The van der Waals surface area contributed by atoms with Crippen LogP contribution in [0.1, 0.15) is 67.8 Å². The highest BCUT2D eigenvalue weighted by Gasteiger charge is 2.63. The number of nitrogens with one attached hydrogen (secondary N) is 1. The van der Waals surface area contributed by atoms with E-state index in [9.17, 15) is 9.59 Å². The first-order chi connectivity index (χ1) is 12.9. The zero-order valence-electron chi connectivity index (χ0n) is 17.0. The first-order valence-electron chi connectivity index (χ1n) is 10.4. The van der Waals surface area contributed by atoms with Crippen molar-refractivity contribution in [2.24, 2.45) is 0 Å². The molecule has 1 aromatic carbocycles. The average Bonchev–Trinajstić information content (AvgIpc) is 3.42. The topological polar surface area (TPSA) is 55.4 Å². The molecule has 2 aliphatic rings. The molecular formula is C22H33N2O3+. The van der Waals surface area contributed by atoms with Gasteiger partial charge in [-0.25, -0.2) is 4.79 Å². The van der Waals surface area contributed by atoms with Gasteiger partial charge in [-0.15, -0.1) is 0 Å². The van der Waals surface area contributed by atoms with Gasteiger partial charge in [0.15, 0.2) is 5.54 Å². The van der Waals surface area contributed by atoms with Crippen molar-refractivity contribution in [2.45, 2.75) is 64.3 Å². The van der Waals surface area contributed by atoms with Gasteiger partial charge in [-0.2, -0.15) is 0 Å². The van der Waals surface area contributed by atoms with Crippen molar-refractivity contribution in [3.05, 3.63) is 29.3 Å². The number of hydrogen-bond donors (Lipinski definition) is 1. The van der Waals surface area contributed by atoms with E-state index in [0.717, 1.165) is 36.0 Å². The number of ether oxygens (including phenoxy) is 1. The van der Waals surface area contributed by atoms with E-state index in [-0.39, 0.29) is 17.4 Å². The first kappa shape index (κ1) is 19.9. The Hall–Kier alpha value is -1.88. The van der Waals surface area contributed by atoms with Gasteiger partial charge in [-0.3, -0.25) is 4.79 Å². The zero-order valence-corrected chi connectivity index (χ0v) is 17.0. The molecule has 0 aromatic heterocycles. The molecule has 1 aliphatic carbocycles. The predicted octanol–water partition coefficient (Wildman–Crippen LogP) is 4.05. The van der Waals surface area contributed by atoms with Gasteiger partial charge in [0.1, 0.15) is 0 Å². The Kier molecular flexibility index (Phi) is 5.89. The molecule has 1 aliphatic heterocycles. The molecule has 0 atom stereocenters. The van der Waals surface area contributed by atoms with Crippen LogP contribution >= 0.6 is 0 Å². The van der Waals surface area contributed by atoms with Crippen molar-refractivity contribution in [2.75, 3.05) is 32.1 Å². The van der Waals surface area contributed by atoms with E-state index < -0.39 is 0 Å². The van der Waals surface area contributed by atoms with Crippen LogP contribution in [0.2, 0.25) is 0 Å². The summed E-state index contributed by atoms with van der Waals surface area (Å²) in [7, 11) is 2.25. The van der Waals surface area contributed by atoms with E-state index >= 15 is 0 Å². The number of hydrogen-bond acceptors (Lipinski definition) is 3. The third-order valence-electron chi connectivity index (χ3n) is 6.49. The second-order valence-corrected chi connectivity index (χ2v) is 8.31. The molecule has 5 heteroatoms. The van der Waals surface area contributed by atoms with Crippen LogP contribution in [0.3, 0.4) is 0 Å². The summed E-state index contributed by atoms with van der Waals surface area (Å²) in [6.45, 7) is 6.15. The van der Waals surface area contributed by atoms with Gasteiger partial charge < -0.3 is 14.5 Å². The van der Waals surface area contributed by atoms with Crippen LogP contribution in [0.5, 0.6) is 0 Å². The molecule has 27 heavy (non-hydrogen) atoms. The summed E-state index contributed by atoms with van der Waals surface area (Å²) >= 11 is 0. The largest absolute Gasteiger partial charge is 0.462 e. The van der Waals surface area contributed by atoms with Gasteiger partial charge >= 0.3 is 5.97 Å². The number of likely N-dealkylation sites (tertiary alicyclic amines) is 1. The molecule has 1 saturated heterocycles. The molecule has 1 heterocycles. The molecule has 0 spiro atoms. The number of amides is 1. The van der Waals surface area contributed by atoms with Crippen LogP contribution in [0.25, 0.3) is 0 Å². The summed E-state index contributed by atoms with van der Waals surface area (Å²) in [5, 5.41) is 3.12. The molecule has 1 aromatic rings. The zero-order chi connectivity index (χ0) is 19.5. The van der Waals surface area contributed by atoms with Crippen molar-refractivity contribution < 1.29 is 18.8 Å². The summed E-state index contributed by atoms with van der Waals surface area (Å²) in [5.74, 6) is -0.321. The fourth-order valence-corrected chi connectivity index (χ4v) is 4.56. The Bertz CT molecular complexity index is 702. The Morgan fingerprint density at radius 3 is 2.33 bits per heavy atom. The normalized spacial score (nSPS) is 20.9. The van der Waals surface area contributed by atoms with Gasteiger partial charge in [0, 0.05) is 12.8 Å². The van der Waals surface area contributed by atoms with Gasteiger partial charge in [-0.05, 0) is 51.2 Å². The number of carbonyl (C=O) groups is 2. The molecule has 3 rings (SSSR count). The molecule has 0 radical (unpaired) electrons. The van der Waals surface area contributed by atoms with E-state index in [0.29, 0.717) is 17.9 Å². The number of rotatable bonds is 5. The number of benzene rings is 1. The second kappa shape index (κ2) is 8.01. The van der Waals surface area contributed by atoms with Crippen molar-refractivity contribution >= 4 is 17.6 Å². The molecule has 0 unspecified atom stereocenters. The maximum absolute atomic E-state index is 13.4. The summed E-state index contributed by atoms with van der Waals surface area (Å²) in [6, 6.07) is 5.48. The van der Waals surface area contributed by atoms with Gasteiger partial charge in [0.25, 0.3) is 5.91 Å². The lowest BCUT2D eigenvalue weighted by Gasteiger charge is -2.42. The smallest absolute Gasteiger partial charge is 0.340 e. The lowest BCUT2D eigenvalue weighted by molar-refractivity contribution is -0.935. The second-order valence-electron chi connectivity index (χ2n) is 8.31. The van der Waals surface area contributed by atoms with Crippen LogP contribution in [-0.4, -0.2) is 48.6 Å². The Labute approximate surface area is 162 Å². The van der Waals surface area contributed by atoms with Gasteiger partial charge in [0.2, 0.25) is 0 Å². The van der Waals surface area contributed by atoms with Crippen LogP contribution in [0.4, 0.5) is 5.69 Å². The van der Waals surface area contributed by atoms with Crippen molar-refractivity contribution in [3.8, 4) is 0 Å². The molecule has 2 fully saturated rings. The van der Waals surface area contributed by atoms with Crippen molar-refractivity contribution in [1.82, 2.24) is 0 Å². The highest BCUT2D eigenvalue weighted by molar-refractivity contribution is 6.05. The monoisotopic (exact) mass is 373 g/mol. The minimum atomic E-state index is -0.381. The average molecular weight is 374 g/mol. The van der Waals surface area contributed by atoms with Gasteiger partial charge in [-0.1, -0.05) is 18.6 Å². The van der Waals surface area contributed by atoms with Crippen LogP contribution in [0.15, 0.2) is 18.2 Å². The summed E-state index contributed by atoms with van der Waals surface area (Å²) in [4.78, 5) is 25.7. The molecular weight excluding hydrogens is 340 g/mol. The molecule has 0 bridgehead atoms. The summed E-state index contributed by atoms with van der Waals surface area (Å²) < 4.78 is 6.01. The number of quaternary nitrogens is 1. The van der Waals surface area contributed by atoms with E-state index in [2.05, 4.69) is 12.4 Å². The first-order valence-corrected chi connectivity index (χ1v) is 10.4. The maximum atomic E-state index is 13.4. The molecule has 148 valence electrons. The van der Waals surface area contributed by atoms with Crippen LogP contribution in [-0.2, 0) is 9.53 Å². The van der Waals surface area contributed by atoms with E-state index in [1.807, 2.05) is 19.1 Å². The molecule has 1 N–H and O–H groups in total. The van der Waals surface area contributed by atoms with Crippen molar-refractivity contribution in [1.29, 1.82) is 0 Å². The fraction of sp³-hybridized carbons (Fsp3) is 0.636. The molecule has 5 nitrogen and oxygen atoms in total. The standard InChI is InChI=1S/C22H32N2O3/c1-4-27-20(25)18-12-10-11-17(2)19(18)23-21(26)22(13-14-22)24(3)15-8-6-5-7-9-16-24/h10-12H,4-9,13-16H2,1-3H3/p+1. The number of likely N-dealkylation sites (N-methyl/N-ethyl adjacent to an activating group) is 1. The number of anilines is 1. The number of para-hydroxylation sites is 1. The number of nitrogens with zero attached hydrogens (tertiary/aromatic N) is 1. The third kappa shape index (κ3) is 3.88. The lowest BCUT2D eigenvalue weighted by Crippen LogP contribution is -2.60. The Morgan fingerprint density at radius 1 is 1.11 bits per heavy atom. The van der Waals surface area contributed by atoms with Gasteiger partial charge in [0.05, 0.1) is 38.0 Å². The van der Waals surface area contributed by atoms with E-state index in [1.54, 1.807) is 13.0 Å². The minimum absolute atomic E-state index is 0.0606. The third-order valence-corrected chi connectivity index (χ3v) is 6.49. The predicted molar refractivity (Wildman–Crippen MR) is 107 cm³/mol.